The van der Waals surface area contributed by atoms with E-state index in [0.29, 0.717) is 31.8 Å². The highest BCUT2D eigenvalue weighted by Gasteiger charge is 2.25. The SMILES string of the molecule is O.O.O=S(=O)([B]c1ccccc1)N1CCOCC1. The molecule has 0 saturated carbocycles. The average molecular weight is 274 g/mol. The van der Waals surface area contributed by atoms with Crippen LogP contribution in [0.3, 0.4) is 0 Å². The molecule has 1 heterocycles. The third-order valence-electron chi connectivity index (χ3n) is 2.41. The molecule has 2 rings (SSSR count). The Balaban J connectivity index is 0.00000144. The molecular formula is C10H17BNO5S. The Kier molecular flexibility index (Phi) is 7.11. The predicted octanol–water partition coefficient (Wildman–Crippen LogP) is -2.06. The van der Waals surface area contributed by atoms with E-state index in [0.717, 1.165) is 0 Å². The molecule has 6 nitrogen and oxygen atoms in total. The Hall–Kier alpha value is -0.925. The molecule has 8 heteroatoms. The minimum atomic E-state index is -3.31. The summed E-state index contributed by atoms with van der Waals surface area (Å²) in [4.78, 5) is 0. The third kappa shape index (κ3) is 4.39. The third-order valence-corrected chi connectivity index (χ3v) is 4.07. The van der Waals surface area contributed by atoms with Crippen LogP contribution in [0.25, 0.3) is 0 Å². The topological polar surface area (TPSA) is 110 Å². The Morgan fingerprint density at radius 1 is 1.06 bits per heavy atom. The summed E-state index contributed by atoms with van der Waals surface area (Å²) in [6.45, 7) is 3.12. The van der Waals surface area contributed by atoms with E-state index >= 15 is 0 Å². The molecule has 1 saturated heterocycles. The van der Waals surface area contributed by atoms with Crippen molar-refractivity contribution >= 4 is 21.9 Å². The van der Waals surface area contributed by atoms with Crippen LogP contribution in [0.1, 0.15) is 0 Å². The zero-order valence-corrected chi connectivity index (χ0v) is 10.7. The highest BCUT2D eigenvalue weighted by Crippen LogP contribution is 2.04. The van der Waals surface area contributed by atoms with Gasteiger partial charge in [0.05, 0.1) is 13.2 Å². The molecule has 1 aromatic carbocycles. The van der Waals surface area contributed by atoms with Crippen molar-refractivity contribution in [3.05, 3.63) is 30.3 Å². The second-order valence-corrected chi connectivity index (χ2v) is 5.37. The summed E-state index contributed by atoms with van der Waals surface area (Å²) >= 11 is 0. The van der Waals surface area contributed by atoms with Gasteiger partial charge in [0.2, 0.25) is 0 Å². The Morgan fingerprint density at radius 3 is 2.17 bits per heavy atom. The monoisotopic (exact) mass is 274 g/mol. The van der Waals surface area contributed by atoms with Gasteiger partial charge in [-0.05, 0) is 0 Å². The molecular weight excluding hydrogens is 257 g/mol. The number of hydrogen-bond acceptors (Lipinski definition) is 3. The first-order chi connectivity index (χ1) is 7.68. The number of benzene rings is 1. The summed E-state index contributed by atoms with van der Waals surface area (Å²) in [6, 6.07) is 9.05. The van der Waals surface area contributed by atoms with E-state index in [1.165, 1.54) is 10.9 Å². The van der Waals surface area contributed by atoms with Crippen LogP contribution in [0.15, 0.2) is 30.3 Å². The lowest BCUT2D eigenvalue weighted by atomic mass is 9.95. The summed E-state index contributed by atoms with van der Waals surface area (Å²) < 4.78 is 30.5. The molecule has 0 spiro atoms. The summed E-state index contributed by atoms with van der Waals surface area (Å²) in [5.74, 6) is 0. The lowest BCUT2D eigenvalue weighted by molar-refractivity contribution is 0.0739. The minimum Gasteiger partial charge on any atom is -0.412 e. The molecule has 1 aliphatic rings. The maximum Gasteiger partial charge on any atom is 0.338 e. The van der Waals surface area contributed by atoms with Crippen LogP contribution < -0.4 is 5.46 Å². The maximum absolute atomic E-state index is 12.0. The van der Waals surface area contributed by atoms with Crippen molar-refractivity contribution in [2.75, 3.05) is 26.3 Å². The molecule has 4 N–H and O–H groups in total. The molecule has 0 aliphatic carbocycles. The lowest BCUT2D eigenvalue weighted by Gasteiger charge is -2.26. The second-order valence-electron chi connectivity index (χ2n) is 3.58. The van der Waals surface area contributed by atoms with Crippen LogP contribution in [0.5, 0.6) is 0 Å². The van der Waals surface area contributed by atoms with Crippen LogP contribution in [-0.4, -0.2) is 56.5 Å². The van der Waals surface area contributed by atoms with Crippen molar-refractivity contribution in [2.45, 2.75) is 0 Å². The van der Waals surface area contributed by atoms with Crippen molar-refractivity contribution in [1.29, 1.82) is 0 Å². The van der Waals surface area contributed by atoms with E-state index < -0.39 is 9.87 Å². The van der Waals surface area contributed by atoms with Gasteiger partial charge in [-0.25, -0.2) is 12.7 Å². The summed E-state index contributed by atoms with van der Waals surface area (Å²) in [7, 11) is -3.31. The lowest BCUT2D eigenvalue weighted by Crippen LogP contribution is -2.45. The van der Waals surface area contributed by atoms with Gasteiger partial charge in [-0.15, -0.1) is 0 Å². The molecule has 1 radical (unpaired) electrons. The van der Waals surface area contributed by atoms with Gasteiger partial charge in [-0.2, -0.15) is 0 Å². The average Bonchev–Trinajstić information content (AvgIpc) is 2.31. The van der Waals surface area contributed by atoms with Gasteiger partial charge in [-0.3, -0.25) is 0 Å². The highest BCUT2D eigenvalue weighted by molar-refractivity contribution is 8.14. The van der Waals surface area contributed by atoms with Crippen LogP contribution in [-0.2, 0) is 14.6 Å². The van der Waals surface area contributed by atoms with Crippen molar-refractivity contribution in [3.63, 3.8) is 0 Å². The van der Waals surface area contributed by atoms with E-state index in [1.807, 2.05) is 18.2 Å². The summed E-state index contributed by atoms with van der Waals surface area (Å²) in [5, 5.41) is 0. The van der Waals surface area contributed by atoms with E-state index in [2.05, 4.69) is 0 Å². The Morgan fingerprint density at radius 2 is 1.61 bits per heavy atom. The van der Waals surface area contributed by atoms with E-state index in [-0.39, 0.29) is 11.0 Å². The first kappa shape index (κ1) is 17.1. The number of nitrogens with zero attached hydrogens (tertiary/aromatic N) is 1. The molecule has 1 fully saturated rings. The van der Waals surface area contributed by atoms with Crippen molar-refractivity contribution in [3.8, 4) is 0 Å². The van der Waals surface area contributed by atoms with Crippen LogP contribution >= 0.6 is 0 Å². The maximum atomic E-state index is 12.0. The predicted molar refractivity (Wildman–Crippen MR) is 70.4 cm³/mol. The smallest absolute Gasteiger partial charge is 0.338 e. The van der Waals surface area contributed by atoms with Crippen LogP contribution in [0.4, 0.5) is 0 Å². The van der Waals surface area contributed by atoms with Gasteiger partial charge < -0.3 is 15.7 Å². The van der Waals surface area contributed by atoms with Crippen LogP contribution in [0.2, 0.25) is 0 Å². The fourth-order valence-corrected chi connectivity index (χ4v) is 2.89. The molecule has 0 atom stereocenters. The Bertz CT molecular complexity index is 433. The molecule has 0 bridgehead atoms. The first-order valence-corrected chi connectivity index (χ1v) is 6.66. The largest absolute Gasteiger partial charge is 0.412 e. The standard InChI is InChI=1S/C10H13BNO3S.2H2O/c13-16(14,12-6-8-15-9-7-12)11-10-4-2-1-3-5-10;;/h1-5H,6-9H2;2*1H2. The van der Waals surface area contributed by atoms with Gasteiger partial charge in [0.1, 0.15) is 0 Å². The van der Waals surface area contributed by atoms with Crippen molar-refractivity contribution in [2.24, 2.45) is 0 Å². The Labute approximate surface area is 107 Å². The minimum absolute atomic E-state index is 0. The molecule has 101 valence electrons. The van der Waals surface area contributed by atoms with Crippen LogP contribution in [0, 0.1) is 0 Å². The number of hydrogen-bond donors (Lipinski definition) is 0. The van der Waals surface area contributed by atoms with Crippen molar-refractivity contribution < 1.29 is 24.1 Å². The van der Waals surface area contributed by atoms with E-state index in [9.17, 15) is 8.42 Å². The van der Waals surface area contributed by atoms with Gasteiger partial charge >= 0.3 is 6.56 Å². The summed E-state index contributed by atoms with van der Waals surface area (Å²) in [5.41, 5.74) is 0.703. The molecule has 0 aromatic heterocycles. The van der Waals surface area contributed by atoms with E-state index in [4.69, 9.17) is 4.74 Å². The molecule has 1 aliphatic heterocycles. The normalized spacial score (nSPS) is 16.2. The fourth-order valence-electron chi connectivity index (χ4n) is 1.58. The van der Waals surface area contributed by atoms with Gasteiger partial charge in [0, 0.05) is 13.1 Å². The van der Waals surface area contributed by atoms with Gasteiger partial charge in [0.25, 0.3) is 0 Å². The van der Waals surface area contributed by atoms with E-state index in [1.54, 1.807) is 12.1 Å². The van der Waals surface area contributed by atoms with Gasteiger partial charge in [-0.1, -0.05) is 35.8 Å². The zero-order chi connectivity index (χ0) is 11.4. The summed E-state index contributed by atoms with van der Waals surface area (Å²) in [6.07, 6.45) is 0. The molecule has 1 aromatic rings. The molecule has 18 heavy (non-hydrogen) atoms. The number of morpholine rings is 1. The fraction of sp³-hybridized carbons (Fsp3) is 0.400. The van der Waals surface area contributed by atoms with Crippen molar-refractivity contribution in [1.82, 2.24) is 4.31 Å². The highest BCUT2D eigenvalue weighted by atomic mass is 32.2. The number of ether oxygens (including phenoxy) is 1. The zero-order valence-electron chi connectivity index (χ0n) is 9.87. The quantitative estimate of drug-likeness (QED) is 0.591. The second kappa shape index (κ2) is 7.50. The molecule has 0 unspecified atom stereocenters. The van der Waals surface area contributed by atoms with Gasteiger partial charge in [0.15, 0.2) is 9.87 Å². The number of rotatable bonds is 3. The molecule has 0 amide bonds. The first-order valence-electron chi connectivity index (χ1n) is 5.16.